The van der Waals surface area contributed by atoms with Crippen LogP contribution in [0.25, 0.3) is 0 Å². The average Bonchev–Trinajstić information content (AvgIpc) is 2.95. The Hall–Kier alpha value is -1.91. The maximum Gasteiger partial charge on any atom is 0.220 e. The van der Waals surface area contributed by atoms with Crippen LogP contribution in [0, 0.1) is 11.8 Å². The highest BCUT2D eigenvalue weighted by Crippen LogP contribution is 2.36. The Morgan fingerprint density at radius 1 is 1.38 bits per heavy atom. The van der Waals surface area contributed by atoms with Crippen molar-refractivity contribution in [2.75, 3.05) is 31.2 Å². The number of fused-ring (bicyclic) bond motifs is 1. The molecule has 1 fully saturated rings. The van der Waals surface area contributed by atoms with Gasteiger partial charge >= 0.3 is 0 Å². The van der Waals surface area contributed by atoms with Gasteiger partial charge in [0.25, 0.3) is 0 Å². The van der Waals surface area contributed by atoms with Gasteiger partial charge in [-0.1, -0.05) is 6.92 Å². The number of anilines is 1. The van der Waals surface area contributed by atoms with Crippen LogP contribution in [-0.4, -0.2) is 32.2 Å². The molecule has 3 rings (SSSR count). The first-order chi connectivity index (χ1) is 10.1. The van der Waals surface area contributed by atoms with Crippen molar-refractivity contribution in [2.45, 2.75) is 19.8 Å². The molecule has 1 amide bonds. The Bertz CT molecular complexity index is 532. The number of amides is 1. The van der Waals surface area contributed by atoms with Crippen LogP contribution >= 0.6 is 0 Å². The van der Waals surface area contributed by atoms with Gasteiger partial charge in [0.2, 0.25) is 5.91 Å². The van der Waals surface area contributed by atoms with Gasteiger partial charge in [-0.2, -0.15) is 0 Å². The van der Waals surface area contributed by atoms with Crippen LogP contribution < -0.4 is 20.1 Å². The fraction of sp³-hybridized carbons (Fsp3) is 0.562. The molecule has 0 bridgehead atoms. The second kappa shape index (κ2) is 5.84. The van der Waals surface area contributed by atoms with E-state index >= 15 is 0 Å². The number of nitrogens with zero attached hydrogens (tertiary/aromatic N) is 1. The zero-order chi connectivity index (χ0) is 14.8. The highest BCUT2D eigenvalue weighted by Gasteiger charge is 2.26. The normalized spacial score (nSPS) is 22.1. The van der Waals surface area contributed by atoms with Gasteiger partial charge in [-0.3, -0.25) is 4.79 Å². The fourth-order valence-electron chi connectivity index (χ4n) is 3.10. The van der Waals surface area contributed by atoms with Crippen LogP contribution in [0.1, 0.15) is 19.8 Å². The number of rotatable bonds is 4. The second-order valence-electron chi connectivity index (χ2n) is 5.97. The van der Waals surface area contributed by atoms with E-state index in [2.05, 4.69) is 11.0 Å². The lowest BCUT2D eigenvalue weighted by molar-refractivity contribution is -0.121. The SMILES string of the molecule is CC(CC1CCN(c2ccc3c(c2)OCCO3)C1)C(N)=O. The first-order valence-electron chi connectivity index (χ1n) is 7.57. The molecule has 2 heterocycles. The molecule has 2 aliphatic heterocycles. The molecule has 5 nitrogen and oxygen atoms in total. The minimum Gasteiger partial charge on any atom is -0.486 e. The predicted octanol–water partition coefficient (Wildman–Crippen LogP) is 1.80. The Morgan fingerprint density at radius 3 is 2.90 bits per heavy atom. The summed E-state index contributed by atoms with van der Waals surface area (Å²) in [6.07, 6.45) is 1.97. The Morgan fingerprint density at radius 2 is 2.14 bits per heavy atom. The minimum atomic E-state index is -0.201. The van der Waals surface area contributed by atoms with E-state index in [0.29, 0.717) is 19.1 Å². The number of carbonyl (C=O) groups excluding carboxylic acids is 1. The van der Waals surface area contributed by atoms with Crippen LogP contribution in [0.4, 0.5) is 5.69 Å². The first-order valence-corrected chi connectivity index (χ1v) is 7.57. The highest BCUT2D eigenvalue weighted by atomic mass is 16.6. The molecule has 5 heteroatoms. The van der Waals surface area contributed by atoms with E-state index in [1.807, 2.05) is 19.1 Å². The lowest BCUT2D eigenvalue weighted by atomic mass is 9.95. The Kier molecular flexibility index (Phi) is 3.90. The molecule has 2 atom stereocenters. The molecule has 2 unspecified atom stereocenters. The summed E-state index contributed by atoms with van der Waals surface area (Å²) >= 11 is 0. The third-order valence-corrected chi connectivity index (χ3v) is 4.35. The third kappa shape index (κ3) is 3.06. The van der Waals surface area contributed by atoms with Gasteiger partial charge in [-0.15, -0.1) is 0 Å². The molecule has 1 aromatic rings. The standard InChI is InChI=1S/C16H22N2O3/c1-11(16(17)19)8-12-4-5-18(10-12)13-2-3-14-15(9-13)21-7-6-20-14/h2-3,9,11-12H,4-8,10H2,1H3,(H2,17,19). The molecule has 21 heavy (non-hydrogen) atoms. The van der Waals surface area contributed by atoms with Crippen molar-refractivity contribution in [1.82, 2.24) is 0 Å². The summed E-state index contributed by atoms with van der Waals surface area (Å²) in [6.45, 7) is 5.11. The fourth-order valence-corrected chi connectivity index (χ4v) is 3.10. The summed E-state index contributed by atoms with van der Waals surface area (Å²) in [4.78, 5) is 13.5. The van der Waals surface area contributed by atoms with Gasteiger partial charge in [0, 0.05) is 30.8 Å². The zero-order valence-corrected chi connectivity index (χ0v) is 12.4. The number of hydrogen-bond donors (Lipinski definition) is 1. The van der Waals surface area contributed by atoms with Gasteiger partial charge in [-0.05, 0) is 30.9 Å². The predicted molar refractivity (Wildman–Crippen MR) is 80.7 cm³/mol. The molecule has 0 aliphatic carbocycles. The summed E-state index contributed by atoms with van der Waals surface area (Å²) in [5, 5.41) is 0. The first kappa shape index (κ1) is 14.0. The lowest BCUT2D eigenvalue weighted by Gasteiger charge is -2.23. The van der Waals surface area contributed by atoms with Crippen molar-refractivity contribution in [3.63, 3.8) is 0 Å². The van der Waals surface area contributed by atoms with Crippen LogP contribution in [0.3, 0.4) is 0 Å². The summed E-state index contributed by atoms with van der Waals surface area (Å²) in [5.74, 6) is 1.93. The van der Waals surface area contributed by atoms with E-state index in [1.165, 1.54) is 0 Å². The van der Waals surface area contributed by atoms with E-state index in [1.54, 1.807) is 0 Å². The number of hydrogen-bond acceptors (Lipinski definition) is 4. The van der Waals surface area contributed by atoms with Crippen molar-refractivity contribution >= 4 is 11.6 Å². The van der Waals surface area contributed by atoms with Crippen molar-refractivity contribution < 1.29 is 14.3 Å². The van der Waals surface area contributed by atoms with E-state index in [4.69, 9.17) is 15.2 Å². The van der Waals surface area contributed by atoms with Crippen LogP contribution in [0.5, 0.6) is 11.5 Å². The van der Waals surface area contributed by atoms with Gasteiger partial charge in [0.1, 0.15) is 13.2 Å². The van der Waals surface area contributed by atoms with E-state index in [-0.39, 0.29) is 11.8 Å². The van der Waals surface area contributed by atoms with Gasteiger partial charge in [-0.25, -0.2) is 0 Å². The maximum atomic E-state index is 11.2. The van der Waals surface area contributed by atoms with Crippen molar-refractivity contribution in [3.8, 4) is 11.5 Å². The number of ether oxygens (including phenoxy) is 2. The Labute approximate surface area is 125 Å². The van der Waals surface area contributed by atoms with Crippen molar-refractivity contribution in [2.24, 2.45) is 17.6 Å². The second-order valence-corrected chi connectivity index (χ2v) is 5.97. The zero-order valence-electron chi connectivity index (χ0n) is 12.4. The van der Waals surface area contributed by atoms with Gasteiger partial charge in [0.15, 0.2) is 11.5 Å². The lowest BCUT2D eigenvalue weighted by Crippen LogP contribution is -2.25. The molecule has 114 valence electrons. The van der Waals surface area contributed by atoms with Crippen molar-refractivity contribution in [1.29, 1.82) is 0 Å². The third-order valence-electron chi connectivity index (χ3n) is 4.35. The van der Waals surface area contributed by atoms with Gasteiger partial charge in [0.05, 0.1) is 0 Å². The molecule has 0 saturated carbocycles. The van der Waals surface area contributed by atoms with E-state index in [9.17, 15) is 4.79 Å². The molecule has 0 radical (unpaired) electrons. The Balaban J connectivity index is 1.64. The average molecular weight is 290 g/mol. The molecule has 1 saturated heterocycles. The molecule has 0 spiro atoms. The van der Waals surface area contributed by atoms with Crippen LogP contribution in [0.15, 0.2) is 18.2 Å². The topological polar surface area (TPSA) is 64.8 Å². The molecule has 2 N–H and O–H groups in total. The number of nitrogens with two attached hydrogens (primary N) is 1. The summed E-state index contributed by atoms with van der Waals surface area (Å²) in [5.41, 5.74) is 6.51. The van der Waals surface area contributed by atoms with E-state index < -0.39 is 0 Å². The smallest absolute Gasteiger partial charge is 0.220 e. The molecular formula is C16H22N2O3. The highest BCUT2D eigenvalue weighted by molar-refractivity contribution is 5.76. The van der Waals surface area contributed by atoms with E-state index in [0.717, 1.165) is 43.1 Å². The van der Waals surface area contributed by atoms with Crippen LogP contribution in [0.2, 0.25) is 0 Å². The number of carbonyl (C=O) groups is 1. The molecular weight excluding hydrogens is 268 g/mol. The summed E-state index contributed by atoms with van der Waals surface area (Å²) in [7, 11) is 0. The quantitative estimate of drug-likeness (QED) is 0.918. The van der Waals surface area contributed by atoms with Crippen molar-refractivity contribution in [3.05, 3.63) is 18.2 Å². The molecule has 1 aromatic carbocycles. The van der Waals surface area contributed by atoms with Crippen LogP contribution in [-0.2, 0) is 4.79 Å². The summed E-state index contributed by atoms with van der Waals surface area (Å²) in [6, 6.07) is 6.10. The number of benzene rings is 1. The minimum absolute atomic E-state index is 0.0461. The maximum absolute atomic E-state index is 11.2. The monoisotopic (exact) mass is 290 g/mol. The number of primary amides is 1. The van der Waals surface area contributed by atoms with Gasteiger partial charge < -0.3 is 20.1 Å². The molecule has 2 aliphatic rings. The largest absolute Gasteiger partial charge is 0.486 e. The summed E-state index contributed by atoms with van der Waals surface area (Å²) < 4.78 is 11.2. The molecule has 0 aromatic heterocycles.